The minimum absolute atomic E-state index is 0.211. The van der Waals surface area contributed by atoms with Gasteiger partial charge in [0.05, 0.1) is 6.10 Å². The van der Waals surface area contributed by atoms with Gasteiger partial charge in [-0.05, 0) is 44.0 Å². The van der Waals surface area contributed by atoms with Crippen LogP contribution in [0, 0.1) is 5.82 Å². The van der Waals surface area contributed by atoms with E-state index in [1.807, 2.05) is 13.8 Å². The number of hydrogen-bond acceptors (Lipinski definition) is 2. The molecule has 110 valence electrons. The number of rotatable bonds is 7. The van der Waals surface area contributed by atoms with Gasteiger partial charge in [-0.15, -0.1) is 0 Å². The van der Waals surface area contributed by atoms with E-state index in [4.69, 9.17) is 4.74 Å². The Morgan fingerprint density at radius 2 is 2.05 bits per heavy atom. The fourth-order valence-corrected chi connectivity index (χ4v) is 1.43. The molecule has 0 aliphatic carbocycles. The third kappa shape index (κ3) is 7.53. The summed E-state index contributed by atoms with van der Waals surface area (Å²) in [4.78, 5) is 11.4. The first-order valence-electron chi connectivity index (χ1n) is 6.66. The van der Waals surface area contributed by atoms with E-state index in [-0.39, 0.29) is 18.0 Å². The number of nitrogens with one attached hydrogen (secondary N) is 2. The molecule has 1 aromatic carbocycles. The fourth-order valence-electron chi connectivity index (χ4n) is 1.43. The molecule has 0 saturated heterocycles. The van der Waals surface area contributed by atoms with Crippen molar-refractivity contribution >= 4 is 12.1 Å². The molecule has 0 aliphatic rings. The quantitative estimate of drug-likeness (QED) is 0.754. The average Bonchev–Trinajstić information content (AvgIpc) is 2.40. The molecule has 0 saturated carbocycles. The van der Waals surface area contributed by atoms with Crippen molar-refractivity contribution in [2.75, 3.05) is 13.2 Å². The topological polar surface area (TPSA) is 50.4 Å². The molecule has 0 spiro atoms. The highest BCUT2D eigenvalue weighted by Crippen LogP contribution is 2.03. The molecular weight excluding hydrogens is 259 g/mol. The second-order valence-corrected chi connectivity index (χ2v) is 4.56. The van der Waals surface area contributed by atoms with Crippen molar-refractivity contribution in [2.24, 2.45) is 0 Å². The third-order valence-electron chi connectivity index (χ3n) is 2.42. The lowest BCUT2D eigenvalue weighted by Gasteiger charge is -2.07. The zero-order valence-corrected chi connectivity index (χ0v) is 11.9. The smallest absolute Gasteiger partial charge is 0.318 e. The standard InChI is InChI=1S/C15H21FN2O2/c1-12(2)20-11-3-9-17-15(19)18-10-8-13-4-6-14(16)7-5-13/h4-8,10,12H,3,9,11H2,1-2H3,(H2,17,18,19)/b10-8+. The van der Waals surface area contributed by atoms with E-state index in [1.54, 1.807) is 18.2 Å². The summed E-state index contributed by atoms with van der Waals surface area (Å²) in [6.07, 6.45) is 4.20. The Kier molecular flexibility index (Phi) is 7.35. The largest absolute Gasteiger partial charge is 0.379 e. The molecule has 5 heteroatoms. The van der Waals surface area contributed by atoms with Crippen molar-refractivity contribution in [3.05, 3.63) is 41.8 Å². The van der Waals surface area contributed by atoms with Crippen LogP contribution in [0.5, 0.6) is 0 Å². The van der Waals surface area contributed by atoms with Gasteiger partial charge in [-0.25, -0.2) is 9.18 Å². The summed E-state index contributed by atoms with van der Waals surface area (Å²) in [6.45, 7) is 5.13. The van der Waals surface area contributed by atoms with Gasteiger partial charge in [0, 0.05) is 19.4 Å². The molecule has 1 aromatic rings. The lowest BCUT2D eigenvalue weighted by Crippen LogP contribution is -2.33. The van der Waals surface area contributed by atoms with Crippen LogP contribution >= 0.6 is 0 Å². The van der Waals surface area contributed by atoms with Crippen molar-refractivity contribution in [1.82, 2.24) is 10.6 Å². The van der Waals surface area contributed by atoms with E-state index in [2.05, 4.69) is 10.6 Å². The van der Waals surface area contributed by atoms with Crippen molar-refractivity contribution in [2.45, 2.75) is 26.4 Å². The number of halogens is 1. The molecule has 4 nitrogen and oxygen atoms in total. The number of urea groups is 1. The number of ether oxygens (including phenoxy) is 1. The van der Waals surface area contributed by atoms with Crippen molar-refractivity contribution in [3.8, 4) is 0 Å². The Balaban J connectivity index is 2.15. The molecule has 0 aliphatic heterocycles. The fraction of sp³-hybridized carbons (Fsp3) is 0.400. The molecule has 2 N–H and O–H groups in total. The van der Waals surface area contributed by atoms with Gasteiger partial charge >= 0.3 is 6.03 Å². The van der Waals surface area contributed by atoms with Gasteiger partial charge in [-0.1, -0.05) is 12.1 Å². The summed E-state index contributed by atoms with van der Waals surface area (Å²) >= 11 is 0. The van der Waals surface area contributed by atoms with Gasteiger partial charge < -0.3 is 15.4 Å². The lowest BCUT2D eigenvalue weighted by molar-refractivity contribution is 0.0774. The first-order chi connectivity index (χ1) is 9.58. The van der Waals surface area contributed by atoms with E-state index in [9.17, 15) is 9.18 Å². The predicted molar refractivity (Wildman–Crippen MR) is 77.7 cm³/mol. The van der Waals surface area contributed by atoms with Gasteiger partial charge in [0.1, 0.15) is 5.82 Å². The zero-order valence-electron chi connectivity index (χ0n) is 11.9. The zero-order chi connectivity index (χ0) is 14.8. The molecule has 1 rings (SSSR count). The highest BCUT2D eigenvalue weighted by molar-refractivity contribution is 5.75. The van der Waals surface area contributed by atoms with Crippen LogP contribution < -0.4 is 10.6 Å². The summed E-state index contributed by atoms with van der Waals surface area (Å²) in [5.41, 5.74) is 0.817. The minimum atomic E-state index is -0.281. The molecule has 0 bridgehead atoms. The maximum absolute atomic E-state index is 12.7. The molecule has 0 radical (unpaired) electrons. The summed E-state index contributed by atoms with van der Waals surface area (Å²) < 4.78 is 18.0. The third-order valence-corrected chi connectivity index (χ3v) is 2.42. The maximum atomic E-state index is 12.7. The predicted octanol–water partition coefficient (Wildman–Crippen LogP) is 2.91. The van der Waals surface area contributed by atoms with Crippen molar-refractivity contribution < 1.29 is 13.9 Å². The van der Waals surface area contributed by atoms with Crippen LogP contribution in [0.4, 0.5) is 9.18 Å². The van der Waals surface area contributed by atoms with Crippen molar-refractivity contribution in [1.29, 1.82) is 0 Å². The lowest BCUT2D eigenvalue weighted by atomic mass is 10.2. The highest BCUT2D eigenvalue weighted by Gasteiger charge is 1.97. The first kappa shape index (κ1) is 16.2. The van der Waals surface area contributed by atoms with Crippen LogP contribution in [0.15, 0.2) is 30.5 Å². The van der Waals surface area contributed by atoms with E-state index >= 15 is 0 Å². The van der Waals surface area contributed by atoms with Gasteiger partial charge in [0.2, 0.25) is 0 Å². The first-order valence-corrected chi connectivity index (χ1v) is 6.66. The molecular formula is C15H21FN2O2. The monoisotopic (exact) mass is 280 g/mol. The summed E-state index contributed by atoms with van der Waals surface area (Å²) in [5, 5.41) is 5.29. The van der Waals surface area contributed by atoms with Crippen LogP contribution in [-0.4, -0.2) is 25.3 Å². The van der Waals surface area contributed by atoms with Crippen LogP contribution in [0.1, 0.15) is 25.8 Å². The van der Waals surface area contributed by atoms with Crippen molar-refractivity contribution in [3.63, 3.8) is 0 Å². The van der Waals surface area contributed by atoms with Crippen LogP contribution in [0.2, 0.25) is 0 Å². The molecule has 0 aromatic heterocycles. The SMILES string of the molecule is CC(C)OCCCNC(=O)N/C=C/c1ccc(F)cc1. The molecule has 2 amide bonds. The van der Waals surface area contributed by atoms with Gasteiger partial charge in [0.15, 0.2) is 0 Å². The Morgan fingerprint density at radius 3 is 2.70 bits per heavy atom. The molecule has 0 fully saturated rings. The Labute approximate surface area is 119 Å². The second-order valence-electron chi connectivity index (χ2n) is 4.56. The van der Waals surface area contributed by atoms with E-state index < -0.39 is 0 Å². The molecule has 0 atom stereocenters. The van der Waals surface area contributed by atoms with E-state index in [1.165, 1.54) is 18.3 Å². The van der Waals surface area contributed by atoms with Crippen LogP contribution in [-0.2, 0) is 4.74 Å². The summed E-state index contributed by atoms with van der Waals surface area (Å²) in [6, 6.07) is 5.74. The molecule has 0 unspecified atom stereocenters. The number of hydrogen-bond donors (Lipinski definition) is 2. The second kappa shape index (κ2) is 9.09. The number of benzene rings is 1. The normalized spacial score (nSPS) is 11.0. The highest BCUT2D eigenvalue weighted by atomic mass is 19.1. The average molecular weight is 280 g/mol. The number of amides is 2. The van der Waals surface area contributed by atoms with Gasteiger partial charge in [-0.3, -0.25) is 0 Å². The Morgan fingerprint density at radius 1 is 1.35 bits per heavy atom. The van der Waals surface area contributed by atoms with E-state index in [0.29, 0.717) is 13.2 Å². The maximum Gasteiger partial charge on any atom is 0.318 e. The number of carbonyl (C=O) groups excluding carboxylic acids is 1. The van der Waals surface area contributed by atoms with Gasteiger partial charge in [0.25, 0.3) is 0 Å². The van der Waals surface area contributed by atoms with Crippen LogP contribution in [0.3, 0.4) is 0 Å². The number of carbonyl (C=O) groups is 1. The van der Waals surface area contributed by atoms with E-state index in [0.717, 1.165) is 12.0 Å². The van der Waals surface area contributed by atoms with Gasteiger partial charge in [-0.2, -0.15) is 0 Å². The molecule has 0 heterocycles. The summed E-state index contributed by atoms with van der Waals surface area (Å²) in [7, 11) is 0. The Hall–Kier alpha value is -1.88. The minimum Gasteiger partial charge on any atom is -0.379 e. The molecule has 20 heavy (non-hydrogen) atoms. The Bertz CT molecular complexity index is 430. The van der Waals surface area contributed by atoms with Crippen LogP contribution in [0.25, 0.3) is 6.08 Å². The summed E-state index contributed by atoms with van der Waals surface area (Å²) in [5.74, 6) is -0.281.